The van der Waals surface area contributed by atoms with E-state index in [2.05, 4.69) is 0 Å². The highest BCUT2D eigenvalue weighted by Gasteiger charge is 2.51. The molecule has 0 aromatic heterocycles. The lowest BCUT2D eigenvalue weighted by Gasteiger charge is -2.40. The highest BCUT2D eigenvalue weighted by atomic mass is 16.6. The Morgan fingerprint density at radius 1 is 0.842 bits per heavy atom. The molecule has 3 rings (SSSR count). The van der Waals surface area contributed by atoms with Crippen LogP contribution in [-0.2, 0) is 23.9 Å². The van der Waals surface area contributed by atoms with Crippen molar-refractivity contribution in [1.82, 2.24) is 0 Å². The van der Waals surface area contributed by atoms with Crippen LogP contribution in [0.5, 0.6) is 23.0 Å². The molecule has 0 saturated heterocycles. The highest BCUT2D eigenvalue weighted by Crippen LogP contribution is 2.33. The second-order valence-electron chi connectivity index (χ2n) is 8.69. The number of carboxylic acids is 1. The van der Waals surface area contributed by atoms with Gasteiger partial charge in [0.05, 0.1) is 6.10 Å². The summed E-state index contributed by atoms with van der Waals surface area (Å²) in [6.07, 6.45) is -1.04. The standard InChI is InChI=1S/C26H26O12/c27-16(5-1-14-2-6-17(28)19(30)9-14)13-37-21-11-26(36,25(34)35)12-22(24(21)33)38-23(32)8-4-15-3-7-18(29)20(31)10-15/h1-10,21-22,24,28-31,33,36H,11-13H2,(H,34,35)/b5-1+,8-4+. The maximum absolute atomic E-state index is 12.3. The van der Waals surface area contributed by atoms with E-state index < -0.39 is 66.8 Å². The van der Waals surface area contributed by atoms with Crippen LogP contribution in [0.3, 0.4) is 0 Å². The number of phenolic OH excluding ortho intramolecular Hbond substituents is 4. The van der Waals surface area contributed by atoms with Gasteiger partial charge in [-0.15, -0.1) is 0 Å². The molecule has 1 fully saturated rings. The van der Waals surface area contributed by atoms with Crippen LogP contribution >= 0.6 is 0 Å². The predicted octanol–water partition coefficient (Wildman–Crippen LogP) is 1.07. The number of carbonyl (C=O) groups is 3. The summed E-state index contributed by atoms with van der Waals surface area (Å²) in [5.41, 5.74) is -1.68. The van der Waals surface area contributed by atoms with Gasteiger partial charge in [0, 0.05) is 18.9 Å². The zero-order chi connectivity index (χ0) is 28.0. The zero-order valence-corrected chi connectivity index (χ0v) is 19.8. The number of ketones is 1. The number of aliphatic hydroxyl groups is 2. The molecule has 4 unspecified atom stereocenters. The van der Waals surface area contributed by atoms with E-state index in [1.165, 1.54) is 48.6 Å². The summed E-state index contributed by atoms with van der Waals surface area (Å²) < 4.78 is 10.5. The van der Waals surface area contributed by atoms with E-state index in [1.807, 2.05) is 0 Å². The largest absolute Gasteiger partial charge is 0.504 e. The van der Waals surface area contributed by atoms with Crippen LogP contribution in [0.4, 0.5) is 0 Å². The Balaban J connectivity index is 1.65. The Labute approximate surface area is 215 Å². The number of rotatable bonds is 9. The van der Waals surface area contributed by atoms with Crippen molar-refractivity contribution in [2.45, 2.75) is 36.8 Å². The van der Waals surface area contributed by atoms with E-state index in [9.17, 15) is 50.1 Å². The van der Waals surface area contributed by atoms with Crippen molar-refractivity contribution >= 4 is 29.9 Å². The summed E-state index contributed by atoms with van der Waals surface area (Å²) in [7, 11) is 0. The molecule has 2 aromatic carbocycles. The highest BCUT2D eigenvalue weighted by molar-refractivity contribution is 5.94. The number of carbonyl (C=O) groups excluding carboxylic acids is 2. The molecule has 0 heterocycles. The zero-order valence-electron chi connectivity index (χ0n) is 19.8. The summed E-state index contributed by atoms with van der Waals surface area (Å²) in [5.74, 6) is -4.71. The lowest BCUT2D eigenvalue weighted by atomic mass is 9.79. The van der Waals surface area contributed by atoms with Gasteiger partial charge in [0.15, 0.2) is 34.4 Å². The Morgan fingerprint density at radius 3 is 1.89 bits per heavy atom. The van der Waals surface area contributed by atoms with Gasteiger partial charge < -0.3 is 45.2 Å². The number of ether oxygens (including phenoxy) is 2. The molecule has 38 heavy (non-hydrogen) atoms. The van der Waals surface area contributed by atoms with Crippen molar-refractivity contribution in [3.05, 3.63) is 59.7 Å². The van der Waals surface area contributed by atoms with Crippen molar-refractivity contribution in [2.24, 2.45) is 0 Å². The van der Waals surface area contributed by atoms with Crippen molar-refractivity contribution in [3.63, 3.8) is 0 Å². The van der Waals surface area contributed by atoms with Crippen molar-refractivity contribution in [3.8, 4) is 23.0 Å². The van der Waals surface area contributed by atoms with Gasteiger partial charge in [0.2, 0.25) is 0 Å². The average molecular weight is 530 g/mol. The van der Waals surface area contributed by atoms with Crippen molar-refractivity contribution in [1.29, 1.82) is 0 Å². The van der Waals surface area contributed by atoms with Gasteiger partial charge in [0.1, 0.15) is 18.8 Å². The maximum Gasteiger partial charge on any atom is 0.335 e. The van der Waals surface area contributed by atoms with Crippen molar-refractivity contribution < 1.29 is 59.6 Å². The molecule has 0 radical (unpaired) electrons. The molecule has 12 heteroatoms. The molecule has 0 spiro atoms. The molecule has 12 nitrogen and oxygen atoms in total. The summed E-state index contributed by atoms with van der Waals surface area (Å²) >= 11 is 0. The topological polar surface area (TPSA) is 211 Å². The SMILES string of the molecule is O=C(/C=C/c1ccc(O)c(O)c1)COC1CC(O)(C(=O)O)CC(OC(=O)/C=C/c2ccc(O)c(O)c2)C1O. The Bertz CT molecular complexity index is 1270. The number of aromatic hydroxyl groups is 4. The van der Waals surface area contributed by atoms with Gasteiger partial charge in [-0.1, -0.05) is 18.2 Å². The third-order valence-electron chi connectivity index (χ3n) is 5.82. The number of aliphatic hydroxyl groups excluding tert-OH is 1. The van der Waals surface area contributed by atoms with Crippen LogP contribution in [0.15, 0.2) is 48.6 Å². The normalized spacial score (nSPS) is 23.5. The van der Waals surface area contributed by atoms with Crippen molar-refractivity contribution in [2.75, 3.05) is 6.61 Å². The summed E-state index contributed by atoms with van der Waals surface area (Å²) in [5, 5.41) is 68.4. The predicted molar refractivity (Wildman–Crippen MR) is 130 cm³/mol. The number of carboxylic acid groups (broad SMARTS) is 1. The molecule has 1 saturated carbocycles. The van der Waals surface area contributed by atoms with E-state index in [1.54, 1.807) is 0 Å². The van der Waals surface area contributed by atoms with E-state index in [4.69, 9.17) is 9.47 Å². The Morgan fingerprint density at radius 2 is 1.37 bits per heavy atom. The number of benzene rings is 2. The molecular weight excluding hydrogens is 504 g/mol. The van der Waals surface area contributed by atoms with E-state index in [-0.39, 0.29) is 17.2 Å². The number of hydrogen-bond donors (Lipinski definition) is 7. The van der Waals surface area contributed by atoms with Crippen LogP contribution in [0.25, 0.3) is 12.2 Å². The minimum Gasteiger partial charge on any atom is -0.504 e. The van der Waals surface area contributed by atoms with E-state index >= 15 is 0 Å². The fourth-order valence-corrected chi connectivity index (χ4v) is 3.74. The first-order valence-electron chi connectivity index (χ1n) is 11.3. The third kappa shape index (κ3) is 7.09. The molecule has 0 amide bonds. The third-order valence-corrected chi connectivity index (χ3v) is 5.82. The monoisotopic (exact) mass is 530 g/mol. The lowest BCUT2D eigenvalue weighted by molar-refractivity contribution is -0.202. The van der Waals surface area contributed by atoms with Gasteiger partial charge in [-0.25, -0.2) is 9.59 Å². The quantitative estimate of drug-likeness (QED) is 0.138. The second kappa shape index (κ2) is 11.8. The molecular formula is C26H26O12. The van der Waals surface area contributed by atoms with E-state index in [0.29, 0.717) is 11.1 Å². The molecule has 7 N–H and O–H groups in total. The van der Waals surface area contributed by atoms with Gasteiger partial charge in [-0.05, 0) is 47.5 Å². The van der Waals surface area contributed by atoms with Gasteiger partial charge in [-0.2, -0.15) is 0 Å². The Hall–Kier alpha value is -4.39. The molecule has 202 valence electrons. The van der Waals surface area contributed by atoms with Gasteiger partial charge in [-0.3, -0.25) is 4.79 Å². The Kier molecular flexibility index (Phi) is 8.73. The first-order chi connectivity index (χ1) is 17.9. The average Bonchev–Trinajstić information content (AvgIpc) is 2.86. The lowest BCUT2D eigenvalue weighted by Crippen LogP contribution is -2.58. The van der Waals surface area contributed by atoms with Crippen LogP contribution in [-0.4, -0.2) is 84.0 Å². The van der Waals surface area contributed by atoms with Gasteiger partial charge >= 0.3 is 11.9 Å². The fourth-order valence-electron chi connectivity index (χ4n) is 3.74. The smallest absolute Gasteiger partial charge is 0.335 e. The molecule has 0 bridgehead atoms. The van der Waals surface area contributed by atoms with E-state index in [0.717, 1.165) is 12.2 Å². The minimum atomic E-state index is -2.41. The summed E-state index contributed by atoms with van der Waals surface area (Å²) in [6, 6.07) is 7.66. The fraction of sp³-hybridized carbons (Fsp3) is 0.269. The number of phenols is 4. The minimum absolute atomic E-state index is 0.332. The molecule has 0 aliphatic heterocycles. The maximum atomic E-state index is 12.3. The van der Waals surface area contributed by atoms with Crippen LogP contribution in [0.2, 0.25) is 0 Å². The van der Waals surface area contributed by atoms with Crippen LogP contribution < -0.4 is 0 Å². The molecule has 1 aliphatic rings. The molecule has 2 aromatic rings. The number of esters is 1. The number of hydrogen-bond acceptors (Lipinski definition) is 11. The van der Waals surface area contributed by atoms with Crippen LogP contribution in [0.1, 0.15) is 24.0 Å². The molecule has 4 atom stereocenters. The van der Waals surface area contributed by atoms with Crippen LogP contribution in [0, 0.1) is 0 Å². The first kappa shape index (κ1) is 28.2. The summed E-state index contributed by atoms with van der Waals surface area (Å²) in [6.45, 7) is -0.608. The summed E-state index contributed by atoms with van der Waals surface area (Å²) in [4.78, 5) is 36.2. The van der Waals surface area contributed by atoms with Gasteiger partial charge in [0.25, 0.3) is 0 Å². The second-order valence-corrected chi connectivity index (χ2v) is 8.69. The first-order valence-corrected chi connectivity index (χ1v) is 11.3. The molecule has 1 aliphatic carbocycles. The number of aliphatic carboxylic acids is 1.